The van der Waals surface area contributed by atoms with Gasteiger partial charge in [-0.2, -0.15) is 0 Å². The highest BCUT2D eigenvalue weighted by Crippen LogP contribution is 2.22. The molecule has 1 fully saturated rings. The third kappa shape index (κ3) is 10.6. The summed E-state index contributed by atoms with van der Waals surface area (Å²) in [7, 11) is 0. The summed E-state index contributed by atoms with van der Waals surface area (Å²) in [5, 5.41) is 6.79. The van der Waals surface area contributed by atoms with Gasteiger partial charge in [0.1, 0.15) is 0 Å². The molecule has 1 unspecified atom stereocenters. The van der Waals surface area contributed by atoms with E-state index in [0.717, 1.165) is 71.5 Å². The number of aliphatic imine (C=N–C) groups is 1. The van der Waals surface area contributed by atoms with E-state index < -0.39 is 0 Å². The molecule has 0 saturated carbocycles. The molecule has 7 heteroatoms. The number of hydrogen-bond acceptors (Lipinski definition) is 4. The lowest BCUT2D eigenvalue weighted by Gasteiger charge is -2.34. The smallest absolute Gasteiger partial charge is 0.191 e. The third-order valence-corrected chi connectivity index (χ3v) is 4.65. The first-order chi connectivity index (χ1) is 13.7. The summed E-state index contributed by atoms with van der Waals surface area (Å²) in [6, 6.07) is 10.9. The molecule has 1 aliphatic heterocycles. The minimum atomic E-state index is 0. The minimum Gasteiger partial charge on any atom is -0.381 e. The van der Waals surface area contributed by atoms with E-state index in [1.54, 1.807) is 0 Å². The Balaban J connectivity index is 0.00000420. The molecular formula is C22H39IN4O2. The van der Waals surface area contributed by atoms with Crippen molar-refractivity contribution < 1.29 is 9.47 Å². The molecule has 0 bridgehead atoms. The number of hydrogen-bond donors (Lipinski definition) is 2. The Labute approximate surface area is 193 Å². The van der Waals surface area contributed by atoms with Gasteiger partial charge in [-0.3, -0.25) is 9.89 Å². The summed E-state index contributed by atoms with van der Waals surface area (Å²) >= 11 is 0. The summed E-state index contributed by atoms with van der Waals surface area (Å²) in [6.07, 6.45) is 0.975. The fraction of sp³-hybridized carbons (Fsp3) is 0.682. The molecule has 0 radical (unpaired) electrons. The SMILES string of the molecule is CCNC(=NCC(c1ccccc1)N1CCOCC1)NCCCOCC(C)C.I. The van der Waals surface area contributed by atoms with Crippen molar-refractivity contribution in [1.82, 2.24) is 15.5 Å². The van der Waals surface area contributed by atoms with Crippen molar-refractivity contribution in [3.63, 3.8) is 0 Å². The molecule has 2 rings (SSSR count). The third-order valence-electron chi connectivity index (χ3n) is 4.65. The van der Waals surface area contributed by atoms with Crippen LogP contribution in [0.15, 0.2) is 35.3 Å². The molecule has 0 amide bonds. The van der Waals surface area contributed by atoms with Crippen LogP contribution in [-0.4, -0.2) is 70.0 Å². The van der Waals surface area contributed by atoms with Gasteiger partial charge in [-0.05, 0) is 24.8 Å². The van der Waals surface area contributed by atoms with Crippen LogP contribution in [-0.2, 0) is 9.47 Å². The fourth-order valence-corrected chi connectivity index (χ4v) is 3.22. The van der Waals surface area contributed by atoms with E-state index >= 15 is 0 Å². The first kappa shape index (κ1) is 26.1. The van der Waals surface area contributed by atoms with Gasteiger partial charge in [0.05, 0.1) is 25.8 Å². The molecule has 6 nitrogen and oxygen atoms in total. The number of rotatable bonds is 11. The molecule has 1 heterocycles. The summed E-state index contributed by atoms with van der Waals surface area (Å²) in [6.45, 7) is 14.0. The topological polar surface area (TPSA) is 58.1 Å². The van der Waals surface area contributed by atoms with Gasteiger partial charge >= 0.3 is 0 Å². The molecular weight excluding hydrogens is 479 g/mol. The van der Waals surface area contributed by atoms with Gasteiger partial charge in [-0.25, -0.2) is 0 Å². The molecule has 1 aromatic rings. The Bertz CT molecular complexity index is 551. The number of benzene rings is 1. The lowest BCUT2D eigenvalue weighted by atomic mass is 10.1. The zero-order valence-electron chi connectivity index (χ0n) is 18.2. The van der Waals surface area contributed by atoms with Gasteiger partial charge in [-0.1, -0.05) is 44.2 Å². The average molecular weight is 518 g/mol. The van der Waals surface area contributed by atoms with Crippen LogP contribution < -0.4 is 10.6 Å². The Morgan fingerprint density at radius 3 is 2.55 bits per heavy atom. The van der Waals surface area contributed by atoms with Gasteiger partial charge in [-0.15, -0.1) is 24.0 Å². The van der Waals surface area contributed by atoms with Gasteiger partial charge < -0.3 is 20.1 Å². The van der Waals surface area contributed by atoms with E-state index in [1.165, 1.54) is 5.56 Å². The molecule has 0 spiro atoms. The first-order valence-electron chi connectivity index (χ1n) is 10.7. The van der Waals surface area contributed by atoms with Crippen molar-refractivity contribution in [1.29, 1.82) is 0 Å². The van der Waals surface area contributed by atoms with Crippen LogP contribution in [0.3, 0.4) is 0 Å². The van der Waals surface area contributed by atoms with E-state index in [-0.39, 0.29) is 30.0 Å². The summed E-state index contributed by atoms with van der Waals surface area (Å²) in [5.41, 5.74) is 1.31. The maximum absolute atomic E-state index is 5.65. The molecule has 2 N–H and O–H groups in total. The standard InChI is InChI=1S/C22H38N4O2.HI/c1-4-23-22(24-11-8-14-28-18-19(2)3)25-17-21(20-9-6-5-7-10-20)26-12-15-27-16-13-26;/h5-7,9-10,19,21H,4,8,11-18H2,1-3H3,(H2,23,24,25);1H. The van der Waals surface area contributed by atoms with Gasteiger partial charge in [0.2, 0.25) is 0 Å². The number of guanidine groups is 1. The lowest BCUT2D eigenvalue weighted by molar-refractivity contribution is 0.0179. The summed E-state index contributed by atoms with van der Waals surface area (Å²) in [5.74, 6) is 1.46. The van der Waals surface area contributed by atoms with Crippen LogP contribution in [0.1, 0.15) is 38.8 Å². The van der Waals surface area contributed by atoms with Crippen LogP contribution in [0.4, 0.5) is 0 Å². The largest absolute Gasteiger partial charge is 0.381 e. The van der Waals surface area contributed by atoms with Crippen molar-refractivity contribution in [2.24, 2.45) is 10.9 Å². The van der Waals surface area contributed by atoms with E-state index in [2.05, 4.69) is 66.6 Å². The number of nitrogens with zero attached hydrogens (tertiary/aromatic N) is 2. The maximum Gasteiger partial charge on any atom is 0.191 e. The van der Waals surface area contributed by atoms with Crippen molar-refractivity contribution in [3.8, 4) is 0 Å². The zero-order chi connectivity index (χ0) is 20.0. The zero-order valence-corrected chi connectivity index (χ0v) is 20.6. The Morgan fingerprint density at radius 2 is 1.90 bits per heavy atom. The van der Waals surface area contributed by atoms with Crippen LogP contribution in [0.5, 0.6) is 0 Å². The summed E-state index contributed by atoms with van der Waals surface area (Å²) in [4.78, 5) is 7.36. The van der Waals surface area contributed by atoms with E-state index in [0.29, 0.717) is 5.92 Å². The second kappa shape index (κ2) is 15.9. The van der Waals surface area contributed by atoms with Crippen molar-refractivity contribution in [3.05, 3.63) is 35.9 Å². The van der Waals surface area contributed by atoms with Gasteiger partial charge in [0.15, 0.2) is 5.96 Å². The highest BCUT2D eigenvalue weighted by molar-refractivity contribution is 14.0. The predicted molar refractivity (Wildman–Crippen MR) is 131 cm³/mol. The first-order valence-corrected chi connectivity index (χ1v) is 10.7. The molecule has 0 aliphatic carbocycles. The van der Waals surface area contributed by atoms with E-state index in [4.69, 9.17) is 14.5 Å². The molecule has 1 aromatic carbocycles. The monoisotopic (exact) mass is 518 g/mol. The minimum absolute atomic E-state index is 0. The maximum atomic E-state index is 5.65. The van der Waals surface area contributed by atoms with E-state index in [9.17, 15) is 0 Å². The second-order valence-corrected chi connectivity index (χ2v) is 7.54. The Morgan fingerprint density at radius 1 is 1.17 bits per heavy atom. The summed E-state index contributed by atoms with van der Waals surface area (Å²) < 4.78 is 11.2. The van der Waals surface area contributed by atoms with Crippen LogP contribution in [0.2, 0.25) is 0 Å². The number of morpholine rings is 1. The van der Waals surface area contributed by atoms with Crippen LogP contribution >= 0.6 is 24.0 Å². The fourth-order valence-electron chi connectivity index (χ4n) is 3.22. The lowest BCUT2D eigenvalue weighted by Crippen LogP contribution is -2.42. The van der Waals surface area contributed by atoms with Crippen molar-refractivity contribution in [2.75, 3.05) is 59.2 Å². The van der Waals surface area contributed by atoms with Crippen molar-refractivity contribution in [2.45, 2.75) is 33.2 Å². The average Bonchev–Trinajstić information content (AvgIpc) is 2.72. The van der Waals surface area contributed by atoms with E-state index in [1.807, 2.05) is 0 Å². The molecule has 166 valence electrons. The van der Waals surface area contributed by atoms with Crippen LogP contribution in [0, 0.1) is 5.92 Å². The normalized spacial score (nSPS) is 16.3. The quantitative estimate of drug-likeness (QED) is 0.204. The molecule has 29 heavy (non-hydrogen) atoms. The molecule has 1 aliphatic rings. The van der Waals surface area contributed by atoms with Crippen LogP contribution in [0.25, 0.3) is 0 Å². The molecule has 1 saturated heterocycles. The van der Waals surface area contributed by atoms with Crippen molar-refractivity contribution >= 4 is 29.9 Å². The Hall–Kier alpha value is -0.900. The van der Waals surface area contributed by atoms with Gasteiger partial charge in [0.25, 0.3) is 0 Å². The second-order valence-electron chi connectivity index (χ2n) is 7.54. The molecule has 1 atom stereocenters. The highest BCUT2D eigenvalue weighted by Gasteiger charge is 2.22. The number of ether oxygens (including phenoxy) is 2. The van der Waals surface area contributed by atoms with Gasteiger partial charge in [0, 0.05) is 39.4 Å². The number of halogens is 1. The Kier molecular flexibility index (Phi) is 14.3. The predicted octanol–water partition coefficient (Wildman–Crippen LogP) is 3.30. The highest BCUT2D eigenvalue weighted by atomic mass is 127. The molecule has 0 aromatic heterocycles. The number of nitrogens with one attached hydrogen (secondary N) is 2.